The summed E-state index contributed by atoms with van der Waals surface area (Å²) in [5.41, 5.74) is 0. The fraction of sp³-hybridized carbons (Fsp3) is 0.222. The highest BCUT2D eigenvalue weighted by molar-refractivity contribution is 5.43. The van der Waals surface area contributed by atoms with E-state index in [-0.39, 0.29) is 0 Å². The molecule has 0 aliphatic carbocycles. The summed E-state index contributed by atoms with van der Waals surface area (Å²) in [4.78, 5) is 0. The number of methoxy groups -OCH3 is 1. The fourth-order valence-corrected chi connectivity index (χ4v) is 0.743. The van der Waals surface area contributed by atoms with Crippen LogP contribution in [0.3, 0.4) is 0 Å². The van der Waals surface area contributed by atoms with E-state index in [1.165, 1.54) is 7.11 Å². The molecular weight excluding hydrogens is 154 g/mol. The number of hydrogen-bond donors (Lipinski definition) is 0. The van der Waals surface area contributed by atoms with E-state index in [4.69, 9.17) is 14.4 Å². The van der Waals surface area contributed by atoms with Crippen LogP contribution in [0.1, 0.15) is 5.76 Å². The van der Waals surface area contributed by atoms with E-state index in [0.717, 1.165) is 0 Å². The SMILES string of the molecule is COC(C#N)/C=C/c1ccco1. The van der Waals surface area contributed by atoms with Gasteiger partial charge < -0.3 is 9.15 Å². The number of furan rings is 1. The van der Waals surface area contributed by atoms with Crippen molar-refractivity contribution in [3.05, 3.63) is 30.2 Å². The largest absolute Gasteiger partial charge is 0.465 e. The quantitative estimate of drug-likeness (QED) is 0.682. The Kier molecular flexibility index (Phi) is 3.12. The molecule has 1 atom stereocenters. The van der Waals surface area contributed by atoms with Crippen LogP contribution in [0.2, 0.25) is 0 Å². The average molecular weight is 163 g/mol. The molecule has 0 aliphatic rings. The molecule has 0 saturated carbocycles. The van der Waals surface area contributed by atoms with Crippen molar-refractivity contribution < 1.29 is 9.15 Å². The lowest BCUT2D eigenvalue weighted by atomic mass is 10.3. The van der Waals surface area contributed by atoms with Crippen LogP contribution in [0, 0.1) is 11.3 Å². The van der Waals surface area contributed by atoms with Gasteiger partial charge in [-0.3, -0.25) is 0 Å². The predicted octanol–water partition coefficient (Wildman–Crippen LogP) is 1.83. The second kappa shape index (κ2) is 4.37. The molecule has 0 spiro atoms. The Hall–Kier alpha value is -1.53. The van der Waals surface area contributed by atoms with Gasteiger partial charge in [-0.2, -0.15) is 5.26 Å². The van der Waals surface area contributed by atoms with E-state index < -0.39 is 6.10 Å². The number of ether oxygens (including phenoxy) is 1. The van der Waals surface area contributed by atoms with E-state index in [9.17, 15) is 0 Å². The van der Waals surface area contributed by atoms with Crippen molar-refractivity contribution >= 4 is 6.08 Å². The first-order valence-electron chi connectivity index (χ1n) is 3.51. The average Bonchev–Trinajstić information content (AvgIpc) is 2.59. The highest BCUT2D eigenvalue weighted by Gasteiger charge is 1.97. The Balaban J connectivity index is 2.56. The summed E-state index contributed by atoms with van der Waals surface area (Å²) in [5, 5.41) is 8.50. The van der Waals surface area contributed by atoms with E-state index in [1.54, 1.807) is 30.5 Å². The molecule has 1 unspecified atom stereocenters. The summed E-state index contributed by atoms with van der Waals surface area (Å²) < 4.78 is 9.83. The van der Waals surface area contributed by atoms with E-state index in [1.807, 2.05) is 6.07 Å². The van der Waals surface area contributed by atoms with Gasteiger partial charge in [0.05, 0.1) is 12.3 Å². The predicted molar refractivity (Wildman–Crippen MR) is 44.2 cm³/mol. The maximum atomic E-state index is 8.50. The Morgan fingerprint density at radius 2 is 2.58 bits per heavy atom. The third-order valence-electron chi connectivity index (χ3n) is 1.36. The minimum atomic E-state index is -0.505. The van der Waals surface area contributed by atoms with Crippen molar-refractivity contribution in [3.8, 4) is 6.07 Å². The second-order valence-corrected chi connectivity index (χ2v) is 2.16. The molecule has 62 valence electrons. The summed E-state index contributed by atoms with van der Waals surface area (Å²) >= 11 is 0. The monoisotopic (exact) mass is 163 g/mol. The Morgan fingerprint density at radius 3 is 3.08 bits per heavy atom. The topological polar surface area (TPSA) is 46.2 Å². The normalized spacial score (nSPS) is 13.0. The number of nitriles is 1. The van der Waals surface area contributed by atoms with Gasteiger partial charge in [-0.25, -0.2) is 0 Å². The fourth-order valence-electron chi connectivity index (χ4n) is 0.743. The zero-order chi connectivity index (χ0) is 8.81. The summed E-state index contributed by atoms with van der Waals surface area (Å²) in [5.74, 6) is 0.715. The molecule has 1 aromatic heterocycles. The van der Waals surface area contributed by atoms with Crippen LogP contribution in [0.5, 0.6) is 0 Å². The molecule has 0 aliphatic heterocycles. The van der Waals surface area contributed by atoms with Crippen molar-refractivity contribution in [2.75, 3.05) is 7.11 Å². The maximum Gasteiger partial charge on any atom is 0.162 e. The summed E-state index contributed by atoms with van der Waals surface area (Å²) in [6.07, 6.45) is 4.42. The lowest BCUT2D eigenvalue weighted by molar-refractivity contribution is 0.183. The molecule has 12 heavy (non-hydrogen) atoms. The zero-order valence-electron chi connectivity index (χ0n) is 6.73. The van der Waals surface area contributed by atoms with Crippen LogP contribution in [0.25, 0.3) is 6.08 Å². The third-order valence-corrected chi connectivity index (χ3v) is 1.36. The van der Waals surface area contributed by atoms with Crippen LogP contribution < -0.4 is 0 Å². The third kappa shape index (κ3) is 2.26. The maximum absolute atomic E-state index is 8.50. The molecule has 1 heterocycles. The summed E-state index contributed by atoms with van der Waals surface area (Å²) in [6.45, 7) is 0. The molecule has 1 aromatic rings. The minimum absolute atomic E-state index is 0.505. The second-order valence-electron chi connectivity index (χ2n) is 2.16. The molecule has 0 aromatic carbocycles. The Bertz CT molecular complexity index is 282. The smallest absolute Gasteiger partial charge is 0.162 e. The van der Waals surface area contributed by atoms with Gasteiger partial charge in [-0.05, 0) is 24.3 Å². The van der Waals surface area contributed by atoms with Gasteiger partial charge >= 0.3 is 0 Å². The summed E-state index contributed by atoms with van der Waals surface area (Å²) in [6, 6.07) is 5.56. The standard InChI is InChI=1S/C9H9NO2/c1-11-9(7-10)5-4-8-3-2-6-12-8/h2-6,9H,1H3/b5-4+. The van der Waals surface area contributed by atoms with Crippen molar-refractivity contribution in [1.82, 2.24) is 0 Å². The van der Waals surface area contributed by atoms with Gasteiger partial charge in [0.25, 0.3) is 0 Å². The van der Waals surface area contributed by atoms with Crippen LogP contribution in [0.4, 0.5) is 0 Å². The zero-order valence-corrected chi connectivity index (χ0v) is 6.73. The highest BCUT2D eigenvalue weighted by atomic mass is 16.5. The van der Waals surface area contributed by atoms with Gasteiger partial charge in [0.15, 0.2) is 6.10 Å². The number of hydrogen-bond acceptors (Lipinski definition) is 3. The van der Waals surface area contributed by atoms with Gasteiger partial charge in [0.1, 0.15) is 5.76 Å². The molecule has 1 rings (SSSR count). The molecule has 3 nitrogen and oxygen atoms in total. The van der Waals surface area contributed by atoms with Gasteiger partial charge in [-0.15, -0.1) is 0 Å². The van der Waals surface area contributed by atoms with E-state index in [2.05, 4.69) is 0 Å². The van der Waals surface area contributed by atoms with Crippen LogP contribution in [0.15, 0.2) is 28.9 Å². The van der Waals surface area contributed by atoms with Gasteiger partial charge in [-0.1, -0.05) is 0 Å². The van der Waals surface area contributed by atoms with Crippen LogP contribution in [-0.4, -0.2) is 13.2 Å². The molecule has 0 radical (unpaired) electrons. The molecule has 0 amide bonds. The van der Waals surface area contributed by atoms with E-state index in [0.29, 0.717) is 5.76 Å². The Labute approximate surface area is 70.9 Å². The van der Waals surface area contributed by atoms with Crippen molar-refractivity contribution in [1.29, 1.82) is 5.26 Å². The first-order chi connectivity index (χ1) is 5.86. The number of nitrogens with zero attached hydrogens (tertiary/aromatic N) is 1. The summed E-state index contributed by atoms with van der Waals surface area (Å²) in [7, 11) is 1.49. The van der Waals surface area contributed by atoms with Crippen molar-refractivity contribution in [2.45, 2.75) is 6.10 Å². The molecule has 0 bridgehead atoms. The van der Waals surface area contributed by atoms with Crippen molar-refractivity contribution in [3.63, 3.8) is 0 Å². The highest BCUT2D eigenvalue weighted by Crippen LogP contribution is 2.03. The first kappa shape index (κ1) is 8.57. The molecule has 3 heteroatoms. The lowest BCUT2D eigenvalue weighted by Gasteiger charge is -1.96. The lowest BCUT2D eigenvalue weighted by Crippen LogP contribution is -2.01. The van der Waals surface area contributed by atoms with E-state index >= 15 is 0 Å². The number of rotatable bonds is 3. The van der Waals surface area contributed by atoms with Crippen LogP contribution in [-0.2, 0) is 4.74 Å². The molecular formula is C9H9NO2. The van der Waals surface area contributed by atoms with Gasteiger partial charge in [0, 0.05) is 7.11 Å². The first-order valence-corrected chi connectivity index (χ1v) is 3.51. The minimum Gasteiger partial charge on any atom is -0.465 e. The Morgan fingerprint density at radius 1 is 1.75 bits per heavy atom. The molecule has 0 N–H and O–H groups in total. The van der Waals surface area contributed by atoms with Crippen LogP contribution >= 0.6 is 0 Å². The molecule has 0 fully saturated rings. The van der Waals surface area contributed by atoms with Crippen molar-refractivity contribution in [2.24, 2.45) is 0 Å². The molecule has 0 saturated heterocycles. The van der Waals surface area contributed by atoms with Gasteiger partial charge in [0.2, 0.25) is 0 Å².